The molecule has 138 valence electrons. The van der Waals surface area contributed by atoms with Gasteiger partial charge in [0.2, 0.25) is 4.69 Å². The van der Waals surface area contributed by atoms with Gasteiger partial charge in [0.25, 0.3) is 0 Å². The third-order valence-electron chi connectivity index (χ3n) is 4.77. The first kappa shape index (κ1) is 19.6. The van der Waals surface area contributed by atoms with Crippen LogP contribution in [0.25, 0.3) is 0 Å². The number of benzene rings is 3. The summed E-state index contributed by atoms with van der Waals surface area (Å²) in [4.78, 5) is 11.5. The second kappa shape index (κ2) is 7.83. The summed E-state index contributed by atoms with van der Waals surface area (Å²) in [6.45, 7) is 6.74. The van der Waals surface area contributed by atoms with E-state index < -0.39 is 8.32 Å². The van der Waals surface area contributed by atoms with Gasteiger partial charge in [-0.2, -0.15) is 0 Å². The summed E-state index contributed by atoms with van der Waals surface area (Å²) >= 11 is 3.00. The highest BCUT2D eigenvalue weighted by Gasteiger charge is 2.52. The largest absolute Gasteiger partial charge is 0.534 e. The summed E-state index contributed by atoms with van der Waals surface area (Å²) < 4.78 is 6.76. The van der Waals surface area contributed by atoms with Crippen molar-refractivity contribution in [2.45, 2.75) is 25.8 Å². The molecular weight excluding hydrogens is 416 g/mol. The third kappa shape index (κ3) is 3.92. The Balaban J connectivity index is 2.19. The maximum absolute atomic E-state index is 11.5. The topological polar surface area (TPSA) is 26.3 Å². The van der Waals surface area contributed by atoms with Crippen molar-refractivity contribution in [3.8, 4) is 5.75 Å². The zero-order valence-corrected chi connectivity index (χ0v) is 18.4. The molecule has 0 aromatic heterocycles. The molecule has 0 atom stereocenters. The minimum atomic E-state index is -2.63. The monoisotopic (exact) mass is 438 g/mol. The molecule has 0 N–H and O–H groups in total. The van der Waals surface area contributed by atoms with E-state index in [1.165, 1.54) is 10.4 Å². The second-order valence-electron chi connectivity index (χ2n) is 7.56. The molecule has 4 heteroatoms. The molecule has 0 radical (unpaired) electrons. The number of hydrogen-bond donors (Lipinski definition) is 0. The Kier molecular flexibility index (Phi) is 5.68. The van der Waals surface area contributed by atoms with Gasteiger partial charge in [-0.3, -0.25) is 4.79 Å². The van der Waals surface area contributed by atoms with Crippen LogP contribution in [0.4, 0.5) is 0 Å². The lowest BCUT2D eigenvalue weighted by Crippen LogP contribution is -2.68. The molecule has 0 heterocycles. The van der Waals surface area contributed by atoms with Crippen molar-refractivity contribution in [2.75, 3.05) is 0 Å². The lowest BCUT2D eigenvalue weighted by molar-refractivity contribution is 0.109. The lowest BCUT2D eigenvalue weighted by Gasteiger charge is -2.43. The van der Waals surface area contributed by atoms with Crippen LogP contribution in [0.2, 0.25) is 5.04 Å². The maximum Gasteiger partial charge on any atom is 0.319 e. The highest BCUT2D eigenvalue weighted by molar-refractivity contribution is 9.18. The van der Waals surface area contributed by atoms with E-state index in [2.05, 4.69) is 85.2 Å². The normalized spacial score (nSPS) is 11.9. The summed E-state index contributed by atoms with van der Waals surface area (Å²) in [5.74, 6) is 0.779. The van der Waals surface area contributed by atoms with E-state index in [0.717, 1.165) is 5.75 Å². The molecule has 3 rings (SSSR count). The van der Waals surface area contributed by atoms with Crippen LogP contribution in [0.5, 0.6) is 5.75 Å². The van der Waals surface area contributed by atoms with E-state index in [-0.39, 0.29) is 9.73 Å². The van der Waals surface area contributed by atoms with Gasteiger partial charge >= 0.3 is 8.32 Å². The van der Waals surface area contributed by atoms with Gasteiger partial charge in [0.05, 0.1) is 0 Å². The van der Waals surface area contributed by atoms with Crippen molar-refractivity contribution < 1.29 is 9.22 Å². The van der Waals surface area contributed by atoms with Crippen molar-refractivity contribution in [1.82, 2.24) is 0 Å². The number of carbonyl (C=O) groups is 1. The molecule has 0 bridgehead atoms. The Labute approximate surface area is 170 Å². The summed E-state index contributed by atoms with van der Waals surface area (Å²) in [7, 11) is -2.63. The number of halogens is 1. The zero-order chi connectivity index (χ0) is 19.5. The van der Waals surface area contributed by atoms with Crippen LogP contribution in [-0.4, -0.2) is 13.0 Å². The molecule has 2 nitrogen and oxygen atoms in total. The Hall–Kier alpha value is -2.17. The van der Waals surface area contributed by atoms with Gasteiger partial charge in [-0.05, 0) is 55.6 Å². The Morgan fingerprint density at radius 1 is 0.778 bits per heavy atom. The van der Waals surface area contributed by atoms with Gasteiger partial charge in [0.15, 0.2) is 0 Å². The standard InChI is InChI=1S/C23H23BrO2Si/c1-23(2,3)27(20-10-6-4-7-11-20,21-12-8-5-9-13-21)26-19-16-14-18(15-17-19)22(24)25/h4-17H,1-3H3. The van der Waals surface area contributed by atoms with Crippen molar-refractivity contribution in [2.24, 2.45) is 0 Å². The molecule has 3 aromatic rings. The first-order valence-electron chi connectivity index (χ1n) is 8.94. The molecule has 3 aromatic carbocycles. The molecule has 0 aliphatic heterocycles. The fourth-order valence-corrected chi connectivity index (χ4v) is 8.17. The van der Waals surface area contributed by atoms with Crippen LogP contribution in [0.1, 0.15) is 31.1 Å². The molecule has 0 saturated carbocycles. The van der Waals surface area contributed by atoms with Crippen LogP contribution in [0.3, 0.4) is 0 Å². The Morgan fingerprint density at radius 2 is 1.22 bits per heavy atom. The quantitative estimate of drug-likeness (QED) is 0.406. The van der Waals surface area contributed by atoms with Crippen LogP contribution in [0.15, 0.2) is 84.9 Å². The van der Waals surface area contributed by atoms with Gasteiger partial charge in [-0.25, -0.2) is 0 Å². The van der Waals surface area contributed by atoms with Crippen LogP contribution in [0, 0.1) is 0 Å². The second-order valence-corrected chi connectivity index (χ2v) is 12.5. The molecule has 27 heavy (non-hydrogen) atoms. The van der Waals surface area contributed by atoms with Gasteiger partial charge in [0.1, 0.15) is 5.75 Å². The molecule has 0 amide bonds. The number of carbonyl (C=O) groups excluding carboxylic acids is 1. The van der Waals surface area contributed by atoms with Crippen molar-refractivity contribution in [1.29, 1.82) is 0 Å². The molecule has 0 aliphatic rings. The van der Waals surface area contributed by atoms with Gasteiger partial charge in [-0.1, -0.05) is 81.4 Å². The van der Waals surface area contributed by atoms with Crippen molar-refractivity contribution in [3.63, 3.8) is 0 Å². The third-order valence-corrected chi connectivity index (χ3v) is 10.2. The summed E-state index contributed by atoms with van der Waals surface area (Å²) in [5, 5.41) is 2.35. The summed E-state index contributed by atoms with van der Waals surface area (Å²) in [6, 6.07) is 28.4. The molecule has 0 fully saturated rings. The molecule has 0 unspecified atom stereocenters. The minimum absolute atomic E-state index is 0.0976. The summed E-state index contributed by atoms with van der Waals surface area (Å²) in [5.41, 5.74) is 0.616. The molecular formula is C23H23BrO2Si. The molecule has 0 aliphatic carbocycles. The lowest BCUT2D eigenvalue weighted by atomic mass is 10.2. The van der Waals surface area contributed by atoms with E-state index in [1.54, 1.807) is 12.1 Å². The van der Waals surface area contributed by atoms with Crippen LogP contribution in [-0.2, 0) is 0 Å². The van der Waals surface area contributed by atoms with Gasteiger partial charge in [0, 0.05) is 5.56 Å². The van der Waals surface area contributed by atoms with Crippen molar-refractivity contribution >= 4 is 39.3 Å². The molecule has 0 saturated heterocycles. The van der Waals surface area contributed by atoms with Gasteiger partial charge < -0.3 is 4.43 Å². The number of rotatable bonds is 5. The summed E-state index contributed by atoms with van der Waals surface area (Å²) in [6.07, 6.45) is 0. The van der Waals surface area contributed by atoms with E-state index in [4.69, 9.17) is 4.43 Å². The predicted octanol–water partition coefficient (Wildman–Crippen LogP) is 5.16. The average molecular weight is 439 g/mol. The maximum atomic E-state index is 11.5. The first-order valence-corrected chi connectivity index (χ1v) is 11.6. The van der Waals surface area contributed by atoms with E-state index in [0.29, 0.717) is 5.56 Å². The van der Waals surface area contributed by atoms with Gasteiger partial charge in [-0.15, -0.1) is 0 Å². The minimum Gasteiger partial charge on any atom is -0.534 e. The zero-order valence-electron chi connectivity index (χ0n) is 15.8. The Bertz CT molecular complexity index is 861. The SMILES string of the molecule is CC(C)(C)[Si](Oc1ccc(C(=O)Br)cc1)(c1ccccc1)c1ccccc1. The Morgan fingerprint density at radius 3 is 1.59 bits per heavy atom. The van der Waals surface area contributed by atoms with E-state index in [1.807, 2.05) is 24.3 Å². The van der Waals surface area contributed by atoms with E-state index in [9.17, 15) is 4.79 Å². The van der Waals surface area contributed by atoms with Crippen molar-refractivity contribution in [3.05, 3.63) is 90.5 Å². The fourth-order valence-electron chi connectivity index (χ4n) is 3.48. The fraction of sp³-hybridized carbons (Fsp3) is 0.174. The molecule has 0 spiro atoms. The number of hydrogen-bond acceptors (Lipinski definition) is 2. The highest BCUT2D eigenvalue weighted by atomic mass is 79.9. The van der Waals surface area contributed by atoms with Crippen LogP contribution < -0.4 is 14.8 Å². The van der Waals surface area contributed by atoms with Crippen LogP contribution >= 0.6 is 15.9 Å². The smallest absolute Gasteiger partial charge is 0.319 e. The predicted molar refractivity (Wildman–Crippen MR) is 118 cm³/mol. The highest BCUT2D eigenvalue weighted by Crippen LogP contribution is 2.37. The average Bonchev–Trinajstić information content (AvgIpc) is 2.67. The van der Waals surface area contributed by atoms with E-state index >= 15 is 0 Å². The first-order chi connectivity index (χ1) is 12.8.